The number of ether oxygens (including phenoxy) is 4. The van der Waals surface area contributed by atoms with Crippen LogP contribution in [0.2, 0.25) is 0 Å². The summed E-state index contributed by atoms with van der Waals surface area (Å²) in [4.78, 5) is 13.4. The van der Waals surface area contributed by atoms with E-state index < -0.39 is 25.8 Å². The summed E-state index contributed by atoms with van der Waals surface area (Å²) in [6, 6.07) is 15.9. The molecular formula is C46H61O8P. The van der Waals surface area contributed by atoms with E-state index in [4.69, 9.17) is 32.5 Å². The van der Waals surface area contributed by atoms with E-state index in [1.54, 1.807) is 35.0 Å². The normalized spacial score (nSPS) is 11.9. The Labute approximate surface area is 330 Å². The molecule has 8 nitrogen and oxygen atoms in total. The van der Waals surface area contributed by atoms with Crippen molar-refractivity contribution in [1.29, 1.82) is 0 Å². The van der Waals surface area contributed by atoms with Gasteiger partial charge < -0.3 is 32.5 Å². The molecule has 4 aromatic rings. The first-order valence-electron chi connectivity index (χ1n) is 18.9. The van der Waals surface area contributed by atoms with Crippen LogP contribution in [0.3, 0.4) is 0 Å². The average molecular weight is 773 g/mol. The van der Waals surface area contributed by atoms with Gasteiger partial charge in [0, 0.05) is 16.7 Å². The van der Waals surface area contributed by atoms with Crippen molar-refractivity contribution in [3.63, 3.8) is 0 Å². The van der Waals surface area contributed by atoms with Crippen LogP contribution in [0.5, 0.6) is 34.5 Å². The molecule has 0 amide bonds. The first-order chi connectivity index (χ1) is 25.5. The van der Waals surface area contributed by atoms with E-state index in [1.165, 1.54) is 11.1 Å². The van der Waals surface area contributed by atoms with Crippen LogP contribution >= 0.6 is 8.60 Å². The lowest BCUT2D eigenvalue weighted by molar-refractivity contribution is 0.0203. The molecule has 9 heteroatoms. The zero-order valence-electron chi connectivity index (χ0n) is 36.0. The van der Waals surface area contributed by atoms with Crippen LogP contribution in [0.4, 0.5) is 4.79 Å². The predicted molar refractivity (Wildman–Crippen MR) is 224 cm³/mol. The highest BCUT2D eigenvalue weighted by molar-refractivity contribution is 7.43. The van der Waals surface area contributed by atoms with Gasteiger partial charge in [0.1, 0.15) is 40.1 Å². The third kappa shape index (κ3) is 10.7. The molecule has 0 radical (unpaired) electrons. The second-order valence-corrected chi connectivity index (χ2v) is 17.9. The second kappa shape index (κ2) is 17.2. The molecule has 4 rings (SSSR count). The predicted octanol–water partition coefficient (Wildman–Crippen LogP) is 13.5. The maximum absolute atomic E-state index is 13.4. The third-order valence-corrected chi connectivity index (χ3v) is 10.5. The average Bonchev–Trinajstić information content (AvgIpc) is 3.06. The van der Waals surface area contributed by atoms with Gasteiger partial charge in [0.25, 0.3) is 0 Å². The van der Waals surface area contributed by atoms with Crippen molar-refractivity contribution in [3.8, 4) is 45.6 Å². The third-order valence-electron chi connectivity index (χ3n) is 9.46. The smallest absolute Gasteiger partial charge is 0.497 e. The van der Waals surface area contributed by atoms with Crippen molar-refractivity contribution < 1.29 is 37.3 Å². The summed E-state index contributed by atoms with van der Waals surface area (Å²) in [5.74, 6) is 3.69. The Hall–Kier alpha value is -4.42. The molecule has 55 heavy (non-hydrogen) atoms. The van der Waals surface area contributed by atoms with Gasteiger partial charge in [-0.05, 0) is 148 Å². The first kappa shape index (κ1) is 43.3. The largest absolute Gasteiger partial charge is 0.530 e. The van der Waals surface area contributed by atoms with Gasteiger partial charge in [-0.25, -0.2) is 4.79 Å². The summed E-state index contributed by atoms with van der Waals surface area (Å²) < 4.78 is 44.3. The number of rotatable bonds is 12. The second-order valence-electron chi connectivity index (χ2n) is 16.9. The molecule has 0 heterocycles. The summed E-state index contributed by atoms with van der Waals surface area (Å²) in [7, 11) is 1.08. The van der Waals surface area contributed by atoms with E-state index in [9.17, 15) is 4.79 Å². The molecule has 298 valence electrons. The quantitative estimate of drug-likeness (QED) is 0.0800. The molecule has 0 spiro atoms. The van der Waals surface area contributed by atoms with Gasteiger partial charge in [-0.15, -0.1) is 0 Å². The van der Waals surface area contributed by atoms with Gasteiger partial charge in [0.2, 0.25) is 0 Å². The van der Waals surface area contributed by atoms with Gasteiger partial charge in [0.05, 0.1) is 14.2 Å². The van der Waals surface area contributed by atoms with Crippen molar-refractivity contribution in [2.75, 3.05) is 14.2 Å². The number of carbonyl (C=O) groups is 1. The summed E-state index contributed by atoms with van der Waals surface area (Å²) >= 11 is 0. The Bertz CT molecular complexity index is 1950. The number of hydrogen-bond acceptors (Lipinski definition) is 8. The Morgan fingerprint density at radius 3 is 1.42 bits per heavy atom. The number of methoxy groups -OCH3 is 2. The zero-order chi connectivity index (χ0) is 41.2. The van der Waals surface area contributed by atoms with Gasteiger partial charge in [-0.1, -0.05) is 60.6 Å². The van der Waals surface area contributed by atoms with Gasteiger partial charge in [-0.3, -0.25) is 0 Å². The Kier molecular flexibility index (Phi) is 13.5. The Balaban J connectivity index is 2.03. The van der Waals surface area contributed by atoms with Crippen LogP contribution in [0.1, 0.15) is 126 Å². The number of aryl methyl sites for hydroxylation is 5. The van der Waals surface area contributed by atoms with Gasteiger partial charge in [-0.2, -0.15) is 0 Å². The SMILES string of the molecule is COc1cc(C)c(OP(Oc2cc(C)c(C)cc2C(C)C)Oc2cc(C)c(C)cc2C(C)C)c(-c2cc(OC)cc(C(C)(C)C)c2OC(=O)OC(C)(C)C)c1. The van der Waals surface area contributed by atoms with Crippen molar-refractivity contribution in [2.45, 2.75) is 127 Å². The molecule has 0 saturated heterocycles. The lowest BCUT2D eigenvalue weighted by Crippen LogP contribution is -2.27. The minimum absolute atomic E-state index is 0.178. The first-order valence-corrected chi connectivity index (χ1v) is 20.0. The highest BCUT2D eigenvalue weighted by Crippen LogP contribution is 2.53. The van der Waals surface area contributed by atoms with Gasteiger partial charge >= 0.3 is 14.8 Å². The summed E-state index contributed by atoms with van der Waals surface area (Å²) in [5, 5.41) is 0. The van der Waals surface area contributed by atoms with Crippen LogP contribution in [-0.2, 0) is 10.2 Å². The summed E-state index contributed by atoms with van der Waals surface area (Å²) in [6.07, 6.45) is -0.827. The van der Waals surface area contributed by atoms with E-state index in [0.717, 1.165) is 33.4 Å². The molecule has 0 saturated carbocycles. The minimum Gasteiger partial charge on any atom is -0.497 e. The van der Waals surface area contributed by atoms with E-state index in [-0.39, 0.29) is 11.8 Å². The number of benzene rings is 4. The molecule has 4 aromatic carbocycles. The molecule has 0 N–H and O–H groups in total. The maximum atomic E-state index is 13.4. The molecule has 0 atom stereocenters. The molecule has 0 aliphatic heterocycles. The topological polar surface area (TPSA) is 81.7 Å². The lowest BCUT2D eigenvalue weighted by Gasteiger charge is -2.28. The van der Waals surface area contributed by atoms with Crippen molar-refractivity contribution in [2.24, 2.45) is 0 Å². The molecule has 0 unspecified atom stereocenters. The fraction of sp³-hybridized carbons (Fsp3) is 0.457. The summed E-state index contributed by atoms with van der Waals surface area (Å²) in [6.45, 7) is 30.4. The fourth-order valence-electron chi connectivity index (χ4n) is 6.10. The maximum Gasteiger partial charge on any atom is 0.530 e. The Morgan fingerprint density at radius 2 is 1.00 bits per heavy atom. The Morgan fingerprint density at radius 1 is 0.564 bits per heavy atom. The van der Waals surface area contributed by atoms with Crippen LogP contribution in [0.15, 0.2) is 48.5 Å². The van der Waals surface area contributed by atoms with Gasteiger partial charge in [0.15, 0.2) is 0 Å². The van der Waals surface area contributed by atoms with Crippen LogP contribution in [-0.4, -0.2) is 26.0 Å². The monoisotopic (exact) mass is 772 g/mol. The fourth-order valence-corrected chi connectivity index (χ4v) is 7.24. The number of carbonyl (C=O) groups excluding carboxylic acids is 1. The van der Waals surface area contributed by atoms with Crippen LogP contribution in [0, 0.1) is 34.6 Å². The van der Waals surface area contributed by atoms with Crippen LogP contribution < -0.4 is 27.8 Å². The van der Waals surface area contributed by atoms with E-state index in [0.29, 0.717) is 45.6 Å². The van der Waals surface area contributed by atoms with Crippen LogP contribution in [0.25, 0.3) is 11.1 Å². The minimum atomic E-state index is -2.14. The molecule has 0 bridgehead atoms. The highest BCUT2D eigenvalue weighted by atomic mass is 31.2. The van der Waals surface area contributed by atoms with E-state index >= 15 is 0 Å². The standard InChI is InChI=1S/C46H61O8P/c1-26(2)35-19-28(5)30(7)21-40(35)52-55(53-41-22-31(8)29(6)20-36(41)27(3)4)54-42-32(9)18-33(48-16)23-37(42)38-24-34(49-17)25-39(45(10,11)12)43(38)50-44(47)51-46(13,14)15/h18-27H,1-17H3. The molecule has 0 aliphatic rings. The molecule has 0 aromatic heterocycles. The van der Waals surface area contributed by atoms with Crippen molar-refractivity contribution in [1.82, 2.24) is 0 Å². The van der Waals surface area contributed by atoms with E-state index in [2.05, 4.69) is 100 Å². The molecule has 0 aliphatic carbocycles. The molecular weight excluding hydrogens is 711 g/mol. The zero-order valence-corrected chi connectivity index (χ0v) is 36.9. The van der Waals surface area contributed by atoms with Crippen molar-refractivity contribution >= 4 is 14.8 Å². The van der Waals surface area contributed by atoms with Crippen molar-refractivity contribution in [3.05, 3.63) is 93.0 Å². The lowest BCUT2D eigenvalue weighted by atomic mass is 9.83. The highest BCUT2D eigenvalue weighted by Gasteiger charge is 2.32. The summed E-state index contributed by atoms with van der Waals surface area (Å²) in [5.41, 5.74) is 8.04. The number of hydrogen-bond donors (Lipinski definition) is 0. The van der Waals surface area contributed by atoms with E-state index in [1.807, 2.05) is 31.2 Å². The molecule has 0 fully saturated rings.